The summed E-state index contributed by atoms with van der Waals surface area (Å²) in [5.41, 5.74) is 1.84. The molecule has 3 rings (SSSR count). The van der Waals surface area contributed by atoms with Crippen molar-refractivity contribution in [3.05, 3.63) is 54.1 Å². The van der Waals surface area contributed by atoms with Gasteiger partial charge in [-0.15, -0.1) is 0 Å². The first-order chi connectivity index (χ1) is 14.4. The summed E-state index contributed by atoms with van der Waals surface area (Å²) in [4.78, 5) is 26.0. The first kappa shape index (κ1) is 21.8. The van der Waals surface area contributed by atoms with Gasteiger partial charge in [0.1, 0.15) is 0 Å². The number of methoxy groups -OCH3 is 1. The number of benzene rings is 2. The minimum absolute atomic E-state index is 0.0158. The number of nitrogens with zero attached hydrogens (tertiary/aromatic N) is 1. The van der Waals surface area contributed by atoms with Gasteiger partial charge >= 0.3 is 0 Å². The molecule has 1 saturated heterocycles. The summed E-state index contributed by atoms with van der Waals surface area (Å²) < 4.78 is 31.6. The van der Waals surface area contributed by atoms with Gasteiger partial charge in [0, 0.05) is 43.7 Å². The SMILES string of the molecule is COCCNS(=O)(=O)c1ccc(C(=O)Nc2ccc(N3CCNC(=O)C3)cc2)cc1. The Morgan fingerprint density at radius 2 is 1.83 bits per heavy atom. The molecule has 2 aromatic rings. The number of carbonyl (C=O) groups excluding carboxylic acids is 2. The summed E-state index contributed by atoms with van der Waals surface area (Å²) in [5.74, 6) is -0.366. The lowest BCUT2D eigenvalue weighted by atomic mass is 10.2. The third-order valence-corrected chi connectivity index (χ3v) is 6.03. The Morgan fingerprint density at radius 1 is 1.13 bits per heavy atom. The molecule has 1 fully saturated rings. The molecule has 1 aliphatic rings. The van der Waals surface area contributed by atoms with Gasteiger partial charge in [0.25, 0.3) is 5.91 Å². The molecule has 0 spiro atoms. The number of hydrogen-bond acceptors (Lipinski definition) is 6. The molecule has 10 heteroatoms. The van der Waals surface area contributed by atoms with Crippen molar-refractivity contribution in [3.63, 3.8) is 0 Å². The monoisotopic (exact) mass is 432 g/mol. The molecule has 1 aliphatic heterocycles. The Labute approximate surface area is 175 Å². The van der Waals surface area contributed by atoms with Crippen LogP contribution in [0.15, 0.2) is 53.4 Å². The minimum atomic E-state index is -3.65. The second-order valence-corrected chi connectivity index (χ2v) is 8.45. The highest BCUT2D eigenvalue weighted by atomic mass is 32.2. The third kappa shape index (κ3) is 5.56. The lowest BCUT2D eigenvalue weighted by Crippen LogP contribution is -2.47. The summed E-state index contributed by atoms with van der Waals surface area (Å²) >= 11 is 0. The molecule has 0 aliphatic carbocycles. The number of anilines is 2. The summed E-state index contributed by atoms with van der Waals surface area (Å²) in [6.45, 7) is 2.07. The molecule has 3 N–H and O–H groups in total. The second kappa shape index (κ2) is 9.70. The zero-order valence-electron chi connectivity index (χ0n) is 16.6. The number of rotatable bonds is 8. The van der Waals surface area contributed by atoms with Gasteiger partial charge in [0.2, 0.25) is 15.9 Å². The molecular formula is C20H24N4O5S. The smallest absolute Gasteiger partial charge is 0.255 e. The number of ether oxygens (including phenoxy) is 1. The normalized spacial score (nSPS) is 14.3. The Hall–Kier alpha value is -2.95. The van der Waals surface area contributed by atoms with Crippen LogP contribution in [0.25, 0.3) is 0 Å². The fourth-order valence-electron chi connectivity index (χ4n) is 2.96. The van der Waals surface area contributed by atoms with E-state index in [2.05, 4.69) is 15.4 Å². The van der Waals surface area contributed by atoms with Crippen molar-refractivity contribution in [3.8, 4) is 0 Å². The molecule has 0 aromatic heterocycles. The molecule has 2 aromatic carbocycles. The number of piperazine rings is 1. The van der Waals surface area contributed by atoms with Gasteiger partial charge in [-0.3, -0.25) is 9.59 Å². The average molecular weight is 433 g/mol. The summed E-state index contributed by atoms with van der Waals surface area (Å²) in [5, 5.41) is 5.56. The molecule has 0 saturated carbocycles. The number of nitrogens with one attached hydrogen (secondary N) is 3. The molecule has 160 valence electrons. The van der Waals surface area contributed by atoms with Crippen LogP contribution in [-0.4, -0.2) is 60.1 Å². The van der Waals surface area contributed by atoms with Crippen molar-refractivity contribution in [2.45, 2.75) is 4.90 Å². The Balaban J connectivity index is 1.61. The highest BCUT2D eigenvalue weighted by Gasteiger charge is 2.17. The van der Waals surface area contributed by atoms with Crippen molar-refractivity contribution in [1.29, 1.82) is 0 Å². The maximum atomic E-state index is 12.5. The standard InChI is InChI=1S/C20H24N4O5S/c1-29-13-11-22-30(27,28)18-8-2-15(3-9-18)20(26)23-16-4-6-17(7-5-16)24-12-10-21-19(25)14-24/h2-9,22H,10-14H2,1H3,(H,21,25)(H,23,26). The second-order valence-electron chi connectivity index (χ2n) is 6.69. The molecule has 0 unspecified atom stereocenters. The largest absolute Gasteiger partial charge is 0.383 e. The number of amides is 2. The molecule has 0 radical (unpaired) electrons. The van der Waals surface area contributed by atoms with Crippen molar-refractivity contribution >= 4 is 33.2 Å². The number of hydrogen-bond donors (Lipinski definition) is 3. The van der Waals surface area contributed by atoms with E-state index in [1.54, 1.807) is 12.1 Å². The van der Waals surface area contributed by atoms with Crippen LogP contribution in [0, 0.1) is 0 Å². The zero-order valence-corrected chi connectivity index (χ0v) is 17.4. The lowest BCUT2D eigenvalue weighted by Gasteiger charge is -2.28. The molecule has 0 atom stereocenters. The van der Waals surface area contributed by atoms with E-state index in [-0.39, 0.29) is 29.9 Å². The van der Waals surface area contributed by atoms with Crippen LogP contribution in [-0.2, 0) is 19.6 Å². The molecule has 1 heterocycles. The Morgan fingerprint density at radius 3 is 2.47 bits per heavy atom. The van der Waals surface area contributed by atoms with Crippen LogP contribution >= 0.6 is 0 Å². The van der Waals surface area contributed by atoms with E-state index in [1.165, 1.54) is 31.4 Å². The molecule has 0 bridgehead atoms. The van der Waals surface area contributed by atoms with Crippen LogP contribution in [0.3, 0.4) is 0 Å². The van der Waals surface area contributed by atoms with E-state index in [0.717, 1.165) is 12.2 Å². The fourth-order valence-corrected chi connectivity index (χ4v) is 3.98. The Kier molecular flexibility index (Phi) is 7.03. The highest BCUT2D eigenvalue weighted by molar-refractivity contribution is 7.89. The first-order valence-electron chi connectivity index (χ1n) is 9.41. The highest BCUT2D eigenvalue weighted by Crippen LogP contribution is 2.19. The summed E-state index contributed by atoms with van der Waals surface area (Å²) in [7, 11) is -2.16. The zero-order chi connectivity index (χ0) is 21.6. The van der Waals surface area contributed by atoms with E-state index in [9.17, 15) is 18.0 Å². The van der Waals surface area contributed by atoms with Crippen molar-refractivity contribution < 1.29 is 22.7 Å². The topological polar surface area (TPSA) is 117 Å². The van der Waals surface area contributed by atoms with Crippen molar-refractivity contribution in [2.75, 3.05) is 50.1 Å². The maximum Gasteiger partial charge on any atom is 0.255 e. The fraction of sp³-hybridized carbons (Fsp3) is 0.300. The molecular weight excluding hydrogens is 408 g/mol. The van der Waals surface area contributed by atoms with E-state index < -0.39 is 10.0 Å². The maximum absolute atomic E-state index is 12.5. The van der Waals surface area contributed by atoms with E-state index >= 15 is 0 Å². The Bertz CT molecular complexity index is 991. The lowest BCUT2D eigenvalue weighted by molar-refractivity contribution is -0.120. The number of sulfonamides is 1. The van der Waals surface area contributed by atoms with Crippen molar-refractivity contribution in [2.24, 2.45) is 0 Å². The van der Waals surface area contributed by atoms with Crippen LogP contribution in [0.5, 0.6) is 0 Å². The molecule has 9 nitrogen and oxygen atoms in total. The van der Waals surface area contributed by atoms with E-state index in [1.807, 2.05) is 17.0 Å². The quantitative estimate of drug-likeness (QED) is 0.532. The van der Waals surface area contributed by atoms with E-state index in [4.69, 9.17) is 4.74 Å². The molecule has 2 amide bonds. The van der Waals surface area contributed by atoms with Gasteiger partial charge in [-0.25, -0.2) is 13.1 Å². The average Bonchev–Trinajstić information content (AvgIpc) is 2.74. The first-order valence-corrected chi connectivity index (χ1v) is 10.9. The predicted molar refractivity (Wildman–Crippen MR) is 113 cm³/mol. The number of carbonyl (C=O) groups is 2. The van der Waals surface area contributed by atoms with Gasteiger partial charge in [-0.1, -0.05) is 0 Å². The van der Waals surface area contributed by atoms with Gasteiger partial charge in [-0.05, 0) is 48.5 Å². The summed E-state index contributed by atoms with van der Waals surface area (Å²) in [6, 6.07) is 12.9. The third-order valence-electron chi connectivity index (χ3n) is 4.55. The van der Waals surface area contributed by atoms with Gasteiger partial charge < -0.3 is 20.3 Å². The van der Waals surface area contributed by atoms with E-state index in [0.29, 0.717) is 24.3 Å². The van der Waals surface area contributed by atoms with Crippen LogP contribution < -0.4 is 20.3 Å². The summed E-state index contributed by atoms with van der Waals surface area (Å²) in [6.07, 6.45) is 0. The van der Waals surface area contributed by atoms with Crippen molar-refractivity contribution in [1.82, 2.24) is 10.0 Å². The van der Waals surface area contributed by atoms with Crippen LogP contribution in [0.2, 0.25) is 0 Å². The van der Waals surface area contributed by atoms with Crippen LogP contribution in [0.4, 0.5) is 11.4 Å². The van der Waals surface area contributed by atoms with Gasteiger partial charge in [-0.2, -0.15) is 0 Å². The van der Waals surface area contributed by atoms with Crippen LogP contribution in [0.1, 0.15) is 10.4 Å². The van der Waals surface area contributed by atoms with Gasteiger partial charge in [0.15, 0.2) is 0 Å². The predicted octanol–water partition coefficient (Wildman–Crippen LogP) is 0.800. The molecule has 30 heavy (non-hydrogen) atoms. The van der Waals surface area contributed by atoms with Gasteiger partial charge in [0.05, 0.1) is 18.0 Å². The minimum Gasteiger partial charge on any atom is -0.383 e.